The molecule has 3 atom stereocenters. The molecule has 2 N–H and O–H groups in total. The van der Waals surface area contributed by atoms with E-state index in [1.165, 1.54) is 0 Å². The van der Waals surface area contributed by atoms with Gasteiger partial charge in [0.25, 0.3) is 0 Å². The molecule has 0 aromatic carbocycles. The Kier molecular flexibility index (Phi) is 10.5. The van der Waals surface area contributed by atoms with Crippen molar-refractivity contribution < 1.29 is 13.7 Å². The molecule has 198 valence electrons. The van der Waals surface area contributed by atoms with Crippen molar-refractivity contribution >= 4 is 15.6 Å². The summed E-state index contributed by atoms with van der Waals surface area (Å²) in [5.74, 6) is 4.60. The van der Waals surface area contributed by atoms with Gasteiger partial charge in [-0.15, -0.1) is 0 Å². The highest BCUT2D eigenvalue weighted by Crippen LogP contribution is 2.26. The van der Waals surface area contributed by atoms with Gasteiger partial charge in [-0.2, -0.15) is 0 Å². The minimum absolute atomic E-state index is 0.00186. The largest absolute Gasteiger partial charge is 0.450 e. The van der Waals surface area contributed by atoms with Crippen molar-refractivity contribution in [3.05, 3.63) is 86.1 Å². The van der Waals surface area contributed by atoms with Crippen LogP contribution in [-0.4, -0.2) is 62.9 Å². The first kappa shape index (κ1) is 27.9. The molecule has 0 radical (unpaired) electrons. The molecule has 1 fully saturated rings. The first-order valence-corrected chi connectivity index (χ1v) is 14.3. The lowest BCUT2D eigenvalue weighted by atomic mass is 9.91. The third-order valence-corrected chi connectivity index (χ3v) is 9.29. The van der Waals surface area contributed by atoms with E-state index in [4.69, 9.17) is 9.47 Å². The van der Waals surface area contributed by atoms with Crippen LogP contribution in [0.25, 0.3) is 0 Å². The lowest BCUT2D eigenvalue weighted by Gasteiger charge is -2.42. The number of nitrogens with one attached hydrogen (secondary N) is 2. The molecule has 3 rings (SSSR count). The average Bonchev–Trinajstić information content (AvgIpc) is 3.07. The number of methoxy groups -OCH3 is 1. The van der Waals surface area contributed by atoms with Crippen LogP contribution in [0.2, 0.25) is 0 Å². The van der Waals surface area contributed by atoms with E-state index in [1.807, 2.05) is 22.7 Å². The van der Waals surface area contributed by atoms with Crippen molar-refractivity contribution in [3.63, 3.8) is 0 Å². The maximum atomic E-state index is 13.7. The molecule has 0 aliphatic carbocycles. The Labute approximate surface area is 217 Å². The number of piperidine rings is 1. The Bertz CT molecular complexity index is 1000. The molecule has 0 aromatic heterocycles. The zero-order valence-electron chi connectivity index (χ0n) is 21.7. The summed E-state index contributed by atoms with van der Waals surface area (Å²) in [6.07, 6.45) is 28.1. The second-order valence-electron chi connectivity index (χ2n) is 9.56. The van der Waals surface area contributed by atoms with Crippen molar-refractivity contribution in [1.29, 1.82) is 0 Å². The summed E-state index contributed by atoms with van der Waals surface area (Å²) in [4.78, 5) is 2.19. The molecule has 8 heteroatoms. The van der Waals surface area contributed by atoms with Gasteiger partial charge in [-0.25, -0.2) is 4.31 Å². The van der Waals surface area contributed by atoms with Crippen molar-refractivity contribution in [2.45, 2.75) is 55.9 Å². The van der Waals surface area contributed by atoms with Gasteiger partial charge in [0.05, 0.1) is 17.6 Å². The molecule has 0 amide bonds. The fourth-order valence-corrected chi connectivity index (χ4v) is 6.20. The van der Waals surface area contributed by atoms with Gasteiger partial charge in [0.1, 0.15) is 0 Å². The van der Waals surface area contributed by atoms with E-state index < -0.39 is 9.71 Å². The van der Waals surface area contributed by atoms with Gasteiger partial charge < -0.3 is 25.0 Å². The number of rotatable bonds is 9. The molecule has 7 nitrogen and oxygen atoms in total. The number of ether oxygens (including phenoxy) is 2. The quantitative estimate of drug-likeness (QED) is 0.451. The topological polar surface area (TPSA) is 66.1 Å². The Morgan fingerprint density at radius 1 is 1.33 bits per heavy atom. The highest BCUT2D eigenvalue weighted by atomic mass is 32.2. The van der Waals surface area contributed by atoms with Crippen LogP contribution in [0.3, 0.4) is 0 Å². The van der Waals surface area contributed by atoms with E-state index in [1.54, 1.807) is 19.6 Å². The molecule has 3 heterocycles. The lowest BCUT2D eigenvalue weighted by Crippen LogP contribution is -2.52. The normalized spacial score (nSPS) is 27.2. The van der Waals surface area contributed by atoms with Crippen LogP contribution in [0, 0.1) is 0 Å². The molecule has 0 aromatic rings. The molecule has 0 bridgehead atoms. The summed E-state index contributed by atoms with van der Waals surface area (Å²) in [5.41, 5.74) is -0.0677. The van der Waals surface area contributed by atoms with Crippen LogP contribution < -0.4 is 10.6 Å². The molecule has 0 spiro atoms. The van der Waals surface area contributed by atoms with E-state index in [-0.39, 0.29) is 16.9 Å². The third-order valence-electron chi connectivity index (χ3n) is 6.76. The average molecular weight is 515 g/mol. The zero-order chi connectivity index (χ0) is 25.9. The summed E-state index contributed by atoms with van der Waals surface area (Å²) in [6, 6.07) is 0. The zero-order valence-corrected chi connectivity index (χ0v) is 22.5. The predicted octanol–water partition coefficient (Wildman–Crippen LogP) is 4.15. The monoisotopic (exact) mass is 514 g/mol. The Hall–Kier alpha value is -2.68. The molecule has 3 aliphatic rings. The molecule has 1 saturated heterocycles. The van der Waals surface area contributed by atoms with Crippen molar-refractivity contribution in [1.82, 2.24) is 19.8 Å². The predicted molar refractivity (Wildman–Crippen MR) is 151 cm³/mol. The van der Waals surface area contributed by atoms with Crippen LogP contribution in [0.5, 0.6) is 0 Å². The number of hydrogen-bond acceptors (Lipinski definition) is 6. The highest BCUT2D eigenvalue weighted by molar-refractivity contribution is 7.98. The lowest BCUT2D eigenvalue weighted by molar-refractivity contribution is 0.142. The minimum Gasteiger partial charge on any atom is -0.450 e. The van der Waals surface area contributed by atoms with E-state index in [0.29, 0.717) is 12.3 Å². The summed E-state index contributed by atoms with van der Waals surface area (Å²) in [5, 5.41) is 6.33. The first-order chi connectivity index (χ1) is 17.3. The molecule has 0 saturated carbocycles. The van der Waals surface area contributed by atoms with Gasteiger partial charge in [0, 0.05) is 54.4 Å². The van der Waals surface area contributed by atoms with Gasteiger partial charge in [-0.1, -0.05) is 24.3 Å². The standard InChI is InChI=1S/C28H42N4O3S/c1-25-29-17-14-27(12-10-24-35-25)36(4,33)32-22-15-28(2,16-23-32)30-18-13-26(34-3)11-9-21-31-19-7-5-6-8-20-31/h5-7,9-10,13-14,17-19,21,24,26-27,29-30H,1,4,8,11-12,15-16,20,22-23H2,2-3H3/b17-14+,18-13+,21-9+,24-10+. The number of nitrogens with zero attached hydrogens (tertiary/aromatic N) is 2. The van der Waals surface area contributed by atoms with Crippen LogP contribution in [0.15, 0.2) is 86.1 Å². The summed E-state index contributed by atoms with van der Waals surface area (Å²) < 4.78 is 26.7. The molecule has 3 aliphatic heterocycles. The van der Waals surface area contributed by atoms with Crippen molar-refractivity contribution in [2.24, 2.45) is 0 Å². The fraction of sp³-hybridized carbons (Fsp3) is 0.464. The van der Waals surface area contributed by atoms with E-state index in [2.05, 4.69) is 77.7 Å². The van der Waals surface area contributed by atoms with Crippen LogP contribution in [0.4, 0.5) is 0 Å². The van der Waals surface area contributed by atoms with Gasteiger partial charge in [0.15, 0.2) is 5.88 Å². The van der Waals surface area contributed by atoms with Crippen LogP contribution in [0.1, 0.15) is 39.0 Å². The van der Waals surface area contributed by atoms with E-state index in [0.717, 1.165) is 45.3 Å². The van der Waals surface area contributed by atoms with Gasteiger partial charge in [-0.05, 0) is 82.1 Å². The smallest absolute Gasteiger partial charge is 0.189 e. The number of hydrogen-bond donors (Lipinski definition) is 2. The highest BCUT2D eigenvalue weighted by Gasteiger charge is 2.34. The fourth-order valence-electron chi connectivity index (χ4n) is 4.28. The second kappa shape index (κ2) is 13.6. The summed E-state index contributed by atoms with van der Waals surface area (Å²) in [7, 11) is -0.746. The van der Waals surface area contributed by atoms with Crippen LogP contribution >= 0.6 is 0 Å². The Balaban J connectivity index is 1.49. The Morgan fingerprint density at radius 2 is 2.14 bits per heavy atom. The van der Waals surface area contributed by atoms with Crippen molar-refractivity contribution in [2.75, 3.05) is 26.7 Å². The number of allylic oxidation sites excluding steroid dienone is 3. The Morgan fingerprint density at radius 3 is 2.92 bits per heavy atom. The van der Waals surface area contributed by atoms with Crippen LogP contribution in [-0.2, 0) is 19.2 Å². The van der Waals surface area contributed by atoms with Gasteiger partial charge >= 0.3 is 0 Å². The maximum Gasteiger partial charge on any atom is 0.189 e. The van der Waals surface area contributed by atoms with E-state index in [9.17, 15) is 4.21 Å². The molecular formula is C28H42N4O3S. The molecule has 3 unspecified atom stereocenters. The first-order valence-electron chi connectivity index (χ1n) is 12.6. The molecular weight excluding hydrogens is 472 g/mol. The third kappa shape index (κ3) is 8.47. The van der Waals surface area contributed by atoms with Crippen molar-refractivity contribution in [3.8, 4) is 0 Å². The summed E-state index contributed by atoms with van der Waals surface area (Å²) >= 11 is 0. The van der Waals surface area contributed by atoms with Gasteiger partial charge in [-0.3, -0.25) is 4.21 Å². The summed E-state index contributed by atoms with van der Waals surface area (Å²) in [6.45, 7) is 8.41. The van der Waals surface area contributed by atoms with Gasteiger partial charge in [0.2, 0.25) is 0 Å². The maximum absolute atomic E-state index is 13.7. The molecule has 36 heavy (non-hydrogen) atoms. The second-order valence-corrected chi connectivity index (χ2v) is 12.1. The van der Waals surface area contributed by atoms with E-state index >= 15 is 0 Å². The SMILES string of the molecule is C=C1N/C=C/C(S(=C)(=O)N2CCC(C)(N/C=C/C(C/C=C/N3C=CC=CCC3)OC)CC2)C/C=C/O1. The minimum atomic E-state index is -2.48.